The number of para-hydroxylation sites is 2. The molecule has 5 aromatic rings. The zero-order valence-electron chi connectivity index (χ0n) is 20.2. The van der Waals surface area contributed by atoms with Crippen LogP contribution in [0.2, 0.25) is 10.0 Å². The highest BCUT2D eigenvalue weighted by molar-refractivity contribution is 6.42. The van der Waals surface area contributed by atoms with Crippen LogP contribution in [0, 0.1) is 6.92 Å². The minimum absolute atomic E-state index is 0.289. The van der Waals surface area contributed by atoms with Gasteiger partial charge < -0.3 is 15.0 Å². The van der Waals surface area contributed by atoms with Crippen molar-refractivity contribution >= 4 is 51.9 Å². The van der Waals surface area contributed by atoms with E-state index in [0.29, 0.717) is 32.9 Å². The molecule has 0 bridgehead atoms. The van der Waals surface area contributed by atoms with Crippen molar-refractivity contribution in [3.8, 4) is 17.1 Å². The molecule has 190 valence electrons. The van der Waals surface area contributed by atoms with Crippen molar-refractivity contribution in [1.29, 1.82) is 0 Å². The van der Waals surface area contributed by atoms with E-state index in [0.717, 1.165) is 27.7 Å². The van der Waals surface area contributed by atoms with Crippen LogP contribution in [-0.2, 0) is 6.61 Å². The van der Waals surface area contributed by atoms with E-state index in [2.05, 4.69) is 20.6 Å². The second-order valence-corrected chi connectivity index (χ2v) is 9.42. The molecule has 38 heavy (non-hydrogen) atoms. The number of fused-ring (bicyclic) bond motifs is 1. The summed E-state index contributed by atoms with van der Waals surface area (Å²) in [5.74, 6) is 0.725. The van der Waals surface area contributed by atoms with Gasteiger partial charge in [-0.3, -0.25) is 10.1 Å². The fraction of sp³-hybridized carbons (Fsp3) is 0.0690. The van der Waals surface area contributed by atoms with E-state index in [1.807, 2.05) is 49.4 Å². The summed E-state index contributed by atoms with van der Waals surface area (Å²) in [6, 6.07) is 24.3. The summed E-state index contributed by atoms with van der Waals surface area (Å²) in [5.41, 5.74) is 5.33. The third kappa shape index (κ3) is 5.80. The van der Waals surface area contributed by atoms with E-state index in [9.17, 15) is 9.59 Å². The Morgan fingerprint density at radius 1 is 0.921 bits per heavy atom. The van der Waals surface area contributed by atoms with Crippen molar-refractivity contribution in [1.82, 2.24) is 15.3 Å². The van der Waals surface area contributed by atoms with Gasteiger partial charge in [0.05, 0.1) is 21.1 Å². The molecule has 0 aliphatic rings. The number of nitrogens with one attached hydrogen (secondary N) is 3. The van der Waals surface area contributed by atoms with Gasteiger partial charge >= 0.3 is 6.03 Å². The number of amides is 3. The van der Waals surface area contributed by atoms with Crippen molar-refractivity contribution < 1.29 is 14.3 Å². The Hall–Kier alpha value is -4.33. The van der Waals surface area contributed by atoms with E-state index >= 15 is 0 Å². The molecule has 3 N–H and O–H groups in total. The number of imidazole rings is 1. The van der Waals surface area contributed by atoms with Gasteiger partial charge in [0.1, 0.15) is 18.2 Å². The fourth-order valence-corrected chi connectivity index (χ4v) is 4.19. The highest BCUT2D eigenvalue weighted by Gasteiger charge is 2.13. The molecule has 7 nitrogen and oxygen atoms in total. The van der Waals surface area contributed by atoms with Gasteiger partial charge in [-0.15, -0.1) is 0 Å². The minimum atomic E-state index is -0.644. The van der Waals surface area contributed by atoms with Crippen LogP contribution >= 0.6 is 23.2 Å². The number of benzene rings is 4. The van der Waals surface area contributed by atoms with Gasteiger partial charge in [-0.2, -0.15) is 0 Å². The first kappa shape index (κ1) is 25.3. The largest absolute Gasteiger partial charge is 0.489 e. The Morgan fingerprint density at radius 3 is 2.47 bits per heavy atom. The number of aryl methyl sites for hydroxylation is 1. The summed E-state index contributed by atoms with van der Waals surface area (Å²) >= 11 is 12.0. The predicted molar refractivity (Wildman–Crippen MR) is 150 cm³/mol. The number of hydrogen-bond donors (Lipinski definition) is 3. The zero-order valence-corrected chi connectivity index (χ0v) is 21.7. The first-order valence-corrected chi connectivity index (χ1v) is 12.5. The fourth-order valence-electron chi connectivity index (χ4n) is 3.87. The molecule has 0 aliphatic carbocycles. The van der Waals surface area contributed by atoms with Gasteiger partial charge in [0.25, 0.3) is 5.91 Å². The molecule has 1 aromatic heterocycles. The number of urea groups is 1. The monoisotopic (exact) mass is 544 g/mol. The van der Waals surface area contributed by atoms with Crippen molar-refractivity contribution in [2.45, 2.75) is 13.5 Å². The lowest BCUT2D eigenvalue weighted by Crippen LogP contribution is -2.34. The minimum Gasteiger partial charge on any atom is -0.489 e. The summed E-state index contributed by atoms with van der Waals surface area (Å²) in [6.07, 6.45) is 0. The highest BCUT2D eigenvalue weighted by atomic mass is 35.5. The normalized spacial score (nSPS) is 10.8. The number of imide groups is 1. The van der Waals surface area contributed by atoms with Crippen LogP contribution in [0.5, 0.6) is 5.75 Å². The third-order valence-electron chi connectivity index (χ3n) is 5.87. The standard InChI is InChI=1S/C29H22Cl2N4O3/c1-17-6-10-20(15-22(17)27-33-25-4-2-3-5-26(25)34-27)32-29(37)35-28(36)19-8-11-21(12-9-19)38-16-18-7-13-23(30)24(31)14-18/h2-15H,16H2,1H3,(H,33,34)(H2,32,35,36,37). The molecule has 0 spiro atoms. The second kappa shape index (κ2) is 11.0. The van der Waals surface area contributed by atoms with Gasteiger partial charge in [-0.05, 0) is 78.7 Å². The van der Waals surface area contributed by atoms with Crippen LogP contribution in [0.4, 0.5) is 10.5 Å². The van der Waals surface area contributed by atoms with E-state index in [1.165, 1.54) is 0 Å². The lowest BCUT2D eigenvalue weighted by molar-refractivity contribution is 0.0967. The van der Waals surface area contributed by atoms with Crippen LogP contribution in [-0.4, -0.2) is 21.9 Å². The molecule has 3 amide bonds. The van der Waals surface area contributed by atoms with E-state index in [1.54, 1.807) is 42.5 Å². The average molecular weight is 545 g/mol. The number of ether oxygens (including phenoxy) is 1. The lowest BCUT2D eigenvalue weighted by atomic mass is 10.1. The van der Waals surface area contributed by atoms with Crippen molar-refractivity contribution in [2.24, 2.45) is 0 Å². The molecule has 5 rings (SSSR count). The second-order valence-electron chi connectivity index (χ2n) is 8.60. The maximum Gasteiger partial charge on any atom is 0.326 e. The summed E-state index contributed by atoms with van der Waals surface area (Å²) in [4.78, 5) is 33.1. The number of rotatable bonds is 6. The molecule has 0 saturated heterocycles. The Balaban J connectivity index is 1.19. The Kier molecular flexibility index (Phi) is 7.31. The van der Waals surface area contributed by atoms with E-state index in [4.69, 9.17) is 27.9 Å². The topological polar surface area (TPSA) is 96.1 Å². The Morgan fingerprint density at radius 2 is 1.71 bits per heavy atom. The summed E-state index contributed by atoms with van der Waals surface area (Å²) < 4.78 is 5.74. The van der Waals surface area contributed by atoms with Crippen LogP contribution in [0.25, 0.3) is 22.4 Å². The summed E-state index contributed by atoms with van der Waals surface area (Å²) in [5, 5.41) is 5.99. The number of hydrogen-bond acceptors (Lipinski definition) is 4. The van der Waals surface area contributed by atoms with Gasteiger partial charge in [-0.25, -0.2) is 9.78 Å². The Labute approximate surface area is 228 Å². The van der Waals surface area contributed by atoms with Crippen LogP contribution < -0.4 is 15.4 Å². The molecule has 0 radical (unpaired) electrons. The Bertz CT molecular complexity index is 1620. The number of H-pyrrole nitrogens is 1. The molecule has 0 unspecified atom stereocenters. The highest BCUT2D eigenvalue weighted by Crippen LogP contribution is 2.27. The van der Waals surface area contributed by atoms with E-state index in [-0.39, 0.29) is 6.61 Å². The first-order chi connectivity index (χ1) is 18.4. The maximum atomic E-state index is 12.6. The molecular weight excluding hydrogens is 523 g/mol. The smallest absolute Gasteiger partial charge is 0.326 e. The van der Waals surface area contributed by atoms with E-state index < -0.39 is 11.9 Å². The van der Waals surface area contributed by atoms with Crippen molar-refractivity contribution in [3.63, 3.8) is 0 Å². The summed E-state index contributed by atoms with van der Waals surface area (Å²) in [6.45, 7) is 2.26. The molecule has 0 atom stereocenters. The van der Waals surface area contributed by atoms with Gasteiger partial charge in [0.15, 0.2) is 0 Å². The lowest BCUT2D eigenvalue weighted by Gasteiger charge is -2.10. The number of aromatic nitrogens is 2. The van der Waals surface area contributed by atoms with Crippen molar-refractivity contribution in [3.05, 3.63) is 112 Å². The number of aromatic amines is 1. The molecular formula is C29H22Cl2N4O3. The molecule has 0 aliphatic heterocycles. The number of anilines is 1. The van der Waals surface area contributed by atoms with Crippen LogP contribution in [0.15, 0.2) is 84.9 Å². The predicted octanol–water partition coefficient (Wildman–Crippen LogP) is 7.39. The van der Waals surface area contributed by atoms with Crippen LogP contribution in [0.3, 0.4) is 0 Å². The SMILES string of the molecule is Cc1ccc(NC(=O)NC(=O)c2ccc(OCc3ccc(Cl)c(Cl)c3)cc2)cc1-c1nc2ccccc2[nH]1. The molecule has 4 aromatic carbocycles. The van der Waals surface area contributed by atoms with Gasteiger partial charge in [0.2, 0.25) is 0 Å². The number of halogens is 2. The third-order valence-corrected chi connectivity index (χ3v) is 6.61. The number of nitrogens with zero attached hydrogens (tertiary/aromatic N) is 1. The zero-order chi connectivity index (χ0) is 26.6. The van der Waals surface area contributed by atoms with Gasteiger partial charge in [0, 0.05) is 16.8 Å². The van der Waals surface area contributed by atoms with Crippen molar-refractivity contribution in [2.75, 3.05) is 5.32 Å². The maximum absolute atomic E-state index is 12.6. The molecule has 1 heterocycles. The number of carbonyl (C=O) groups excluding carboxylic acids is 2. The van der Waals surface area contributed by atoms with Gasteiger partial charge in [-0.1, -0.05) is 47.5 Å². The molecule has 9 heteroatoms. The number of carbonyl (C=O) groups is 2. The van der Waals surface area contributed by atoms with Crippen LogP contribution in [0.1, 0.15) is 21.5 Å². The first-order valence-electron chi connectivity index (χ1n) is 11.7. The molecule has 0 saturated carbocycles. The molecule has 0 fully saturated rings. The quantitative estimate of drug-likeness (QED) is 0.207. The summed E-state index contributed by atoms with van der Waals surface area (Å²) in [7, 11) is 0. The average Bonchev–Trinajstić information content (AvgIpc) is 3.35.